The number of nitrogens with zero attached hydrogens (tertiary/aromatic N) is 1. The molecule has 0 aliphatic carbocycles. The van der Waals surface area contributed by atoms with Crippen LogP contribution in [0.2, 0.25) is 0 Å². The molecule has 2 aromatic rings. The predicted octanol–water partition coefficient (Wildman–Crippen LogP) is 2.85. The summed E-state index contributed by atoms with van der Waals surface area (Å²) >= 11 is 0. The van der Waals surface area contributed by atoms with E-state index in [0.29, 0.717) is 23.9 Å². The van der Waals surface area contributed by atoms with Crippen molar-refractivity contribution in [3.8, 4) is 11.6 Å². The van der Waals surface area contributed by atoms with E-state index in [4.69, 9.17) is 9.47 Å². The molecule has 0 unspecified atom stereocenters. The van der Waals surface area contributed by atoms with Gasteiger partial charge in [0.2, 0.25) is 5.88 Å². The minimum atomic E-state index is -0.330. The van der Waals surface area contributed by atoms with Crippen LogP contribution >= 0.6 is 0 Å². The van der Waals surface area contributed by atoms with Crippen molar-refractivity contribution < 1.29 is 13.9 Å². The van der Waals surface area contributed by atoms with Gasteiger partial charge in [-0.15, -0.1) is 0 Å². The summed E-state index contributed by atoms with van der Waals surface area (Å²) in [6, 6.07) is 9.98. The van der Waals surface area contributed by atoms with Gasteiger partial charge < -0.3 is 14.8 Å². The number of halogens is 1. The first-order chi connectivity index (χ1) is 9.22. The van der Waals surface area contributed by atoms with Gasteiger partial charge in [0.1, 0.15) is 11.6 Å². The maximum absolute atomic E-state index is 13.6. The van der Waals surface area contributed by atoms with Crippen LogP contribution in [0.5, 0.6) is 11.6 Å². The molecule has 1 N–H and O–H groups in total. The quantitative estimate of drug-likeness (QED) is 0.899. The Hall–Kier alpha value is -2.30. The number of methoxy groups -OCH3 is 2. The zero-order chi connectivity index (χ0) is 13.7. The topological polar surface area (TPSA) is 43.4 Å². The second-order valence-electron chi connectivity index (χ2n) is 3.87. The van der Waals surface area contributed by atoms with E-state index in [2.05, 4.69) is 10.3 Å². The molecule has 0 bridgehead atoms. The van der Waals surface area contributed by atoms with E-state index in [-0.39, 0.29) is 5.82 Å². The van der Waals surface area contributed by atoms with Crippen LogP contribution < -0.4 is 14.8 Å². The molecular weight excluding hydrogens is 247 g/mol. The van der Waals surface area contributed by atoms with E-state index >= 15 is 0 Å². The van der Waals surface area contributed by atoms with Crippen LogP contribution in [0.15, 0.2) is 36.4 Å². The molecule has 1 aromatic heterocycles. The molecule has 100 valence electrons. The van der Waals surface area contributed by atoms with Gasteiger partial charge in [-0.25, -0.2) is 9.37 Å². The molecule has 0 atom stereocenters. The first kappa shape index (κ1) is 13.1. The van der Waals surface area contributed by atoms with Gasteiger partial charge in [-0.1, -0.05) is 6.07 Å². The summed E-state index contributed by atoms with van der Waals surface area (Å²) in [5.41, 5.74) is 1.14. The highest BCUT2D eigenvalue weighted by Gasteiger charge is 2.04. The van der Waals surface area contributed by atoms with Crippen LogP contribution in [-0.4, -0.2) is 19.2 Å². The van der Waals surface area contributed by atoms with E-state index in [1.54, 1.807) is 32.4 Å². The van der Waals surface area contributed by atoms with Crippen LogP contribution in [0, 0.1) is 5.82 Å². The summed E-state index contributed by atoms with van der Waals surface area (Å²) in [6.45, 7) is 0.404. The average molecular weight is 262 g/mol. The number of anilines is 1. The van der Waals surface area contributed by atoms with Crippen LogP contribution in [-0.2, 0) is 6.54 Å². The van der Waals surface area contributed by atoms with Crippen molar-refractivity contribution in [2.24, 2.45) is 0 Å². The number of ether oxygens (including phenoxy) is 2. The van der Waals surface area contributed by atoms with Gasteiger partial charge in [0.25, 0.3) is 0 Å². The Kier molecular flexibility index (Phi) is 4.18. The fraction of sp³-hybridized carbons (Fsp3) is 0.214. The van der Waals surface area contributed by atoms with Crippen molar-refractivity contribution in [2.45, 2.75) is 6.54 Å². The zero-order valence-electron chi connectivity index (χ0n) is 10.8. The summed E-state index contributed by atoms with van der Waals surface area (Å²) in [6.07, 6.45) is 0. The molecule has 0 amide bonds. The standard InChI is InChI=1S/C14H15FN2O2/c1-18-11-6-7-12(15)13(8-11)16-9-10-4-3-5-14(17-10)19-2/h3-8,16H,9H2,1-2H3. The first-order valence-electron chi connectivity index (χ1n) is 5.80. The minimum absolute atomic E-state index is 0.330. The van der Waals surface area contributed by atoms with Gasteiger partial charge in [0.15, 0.2) is 0 Å². The lowest BCUT2D eigenvalue weighted by molar-refractivity contribution is 0.396. The van der Waals surface area contributed by atoms with Crippen LogP contribution in [0.1, 0.15) is 5.69 Å². The molecule has 1 aromatic carbocycles. The molecule has 0 fully saturated rings. The van der Waals surface area contributed by atoms with Gasteiger partial charge in [-0.05, 0) is 18.2 Å². The van der Waals surface area contributed by atoms with Gasteiger partial charge >= 0.3 is 0 Å². The molecule has 0 aliphatic rings. The largest absolute Gasteiger partial charge is 0.497 e. The SMILES string of the molecule is COc1ccc(F)c(NCc2cccc(OC)n2)c1. The van der Waals surface area contributed by atoms with Gasteiger partial charge in [-0.3, -0.25) is 0 Å². The van der Waals surface area contributed by atoms with Crippen LogP contribution in [0.4, 0.5) is 10.1 Å². The number of hydrogen-bond acceptors (Lipinski definition) is 4. The predicted molar refractivity (Wildman–Crippen MR) is 71.1 cm³/mol. The lowest BCUT2D eigenvalue weighted by Gasteiger charge is -2.09. The maximum Gasteiger partial charge on any atom is 0.213 e. The number of rotatable bonds is 5. The number of hydrogen-bond donors (Lipinski definition) is 1. The fourth-order valence-electron chi connectivity index (χ4n) is 1.62. The molecule has 0 saturated carbocycles. The van der Waals surface area contributed by atoms with Crippen molar-refractivity contribution in [3.05, 3.63) is 47.9 Å². The third-order valence-corrected chi connectivity index (χ3v) is 2.62. The zero-order valence-corrected chi connectivity index (χ0v) is 10.8. The molecule has 0 spiro atoms. The molecular formula is C14H15FN2O2. The lowest BCUT2D eigenvalue weighted by Crippen LogP contribution is -2.04. The van der Waals surface area contributed by atoms with E-state index in [1.807, 2.05) is 12.1 Å². The Balaban J connectivity index is 2.09. The Morgan fingerprint density at radius 2 is 2.00 bits per heavy atom. The molecule has 2 rings (SSSR count). The van der Waals surface area contributed by atoms with Crippen LogP contribution in [0.3, 0.4) is 0 Å². The number of aromatic nitrogens is 1. The second kappa shape index (κ2) is 6.04. The Bertz CT molecular complexity index is 561. The Morgan fingerprint density at radius 3 is 2.74 bits per heavy atom. The summed E-state index contributed by atoms with van der Waals surface area (Å²) in [4.78, 5) is 4.24. The third-order valence-electron chi connectivity index (χ3n) is 2.62. The number of pyridine rings is 1. The third kappa shape index (κ3) is 3.34. The minimum Gasteiger partial charge on any atom is -0.497 e. The highest BCUT2D eigenvalue weighted by Crippen LogP contribution is 2.21. The normalized spacial score (nSPS) is 10.1. The average Bonchev–Trinajstić information content (AvgIpc) is 2.46. The van der Waals surface area contributed by atoms with E-state index in [0.717, 1.165) is 5.69 Å². The summed E-state index contributed by atoms with van der Waals surface area (Å²) in [5, 5.41) is 2.98. The number of benzene rings is 1. The van der Waals surface area contributed by atoms with Gasteiger partial charge in [0.05, 0.1) is 32.1 Å². The smallest absolute Gasteiger partial charge is 0.213 e. The molecule has 0 radical (unpaired) electrons. The van der Waals surface area contributed by atoms with Crippen molar-refractivity contribution >= 4 is 5.69 Å². The maximum atomic E-state index is 13.6. The van der Waals surface area contributed by atoms with E-state index in [9.17, 15) is 4.39 Å². The molecule has 4 nitrogen and oxygen atoms in total. The Labute approximate surface area is 111 Å². The second-order valence-corrected chi connectivity index (χ2v) is 3.87. The molecule has 19 heavy (non-hydrogen) atoms. The highest BCUT2D eigenvalue weighted by atomic mass is 19.1. The van der Waals surface area contributed by atoms with Gasteiger partial charge in [0, 0.05) is 12.1 Å². The fourth-order valence-corrected chi connectivity index (χ4v) is 1.62. The van der Waals surface area contributed by atoms with E-state index < -0.39 is 0 Å². The summed E-state index contributed by atoms with van der Waals surface area (Å²) in [7, 11) is 3.10. The van der Waals surface area contributed by atoms with Crippen molar-refractivity contribution in [3.63, 3.8) is 0 Å². The first-order valence-corrected chi connectivity index (χ1v) is 5.80. The van der Waals surface area contributed by atoms with Crippen LogP contribution in [0.25, 0.3) is 0 Å². The number of nitrogens with one attached hydrogen (secondary N) is 1. The van der Waals surface area contributed by atoms with Crippen molar-refractivity contribution in [1.29, 1.82) is 0 Å². The summed E-state index contributed by atoms with van der Waals surface area (Å²) < 4.78 is 23.7. The van der Waals surface area contributed by atoms with Gasteiger partial charge in [-0.2, -0.15) is 0 Å². The Morgan fingerprint density at radius 1 is 1.16 bits per heavy atom. The van der Waals surface area contributed by atoms with Crippen molar-refractivity contribution in [2.75, 3.05) is 19.5 Å². The molecule has 0 saturated heterocycles. The molecule has 1 heterocycles. The highest BCUT2D eigenvalue weighted by molar-refractivity contribution is 5.49. The monoisotopic (exact) mass is 262 g/mol. The van der Waals surface area contributed by atoms with Crippen molar-refractivity contribution in [1.82, 2.24) is 4.98 Å². The van der Waals surface area contributed by atoms with E-state index in [1.165, 1.54) is 6.07 Å². The molecule has 0 aliphatic heterocycles. The lowest BCUT2D eigenvalue weighted by atomic mass is 10.2. The molecule has 5 heteroatoms. The summed E-state index contributed by atoms with van der Waals surface area (Å²) in [5.74, 6) is 0.802.